The van der Waals surface area contributed by atoms with Gasteiger partial charge in [-0.2, -0.15) is 0 Å². The van der Waals surface area contributed by atoms with Crippen LogP contribution < -0.4 is 10.5 Å². The highest BCUT2D eigenvalue weighted by Gasteiger charge is 2.16. The van der Waals surface area contributed by atoms with Crippen molar-refractivity contribution in [2.24, 2.45) is 5.73 Å². The number of benzene rings is 2. The topological polar surface area (TPSA) is 35.2 Å². The molecule has 2 aromatic carbocycles. The first-order valence-corrected chi connectivity index (χ1v) is 6.56. The second-order valence-corrected chi connectivity index (χ2v) is 5.46. The summed E-state index contributed by atoms with van der Waals surface area (Å²) in [5.74, 6) is 0.853. The van der Waals surface area contributed by atoms with Crippen LogP contribution in [0.2, 0.25) is 0 Å². The Morgan fingerprint density at radius 2 is 1.37 bits per heavy atom. The van der Waals surface area contributed by atoms with E-state index in [0.717, 1.165) is 5.75 Å². The third kappa shape index (κ3) is 3.58. The number of rotatable bonds is 4. The van der Waals surface area contributed by atoms with E-state index in [4.69, 9.17) is 10.5 Å². The number of hydrogen-bond donors (Lipinski definition) is 1. The summed E-state index contributed by atoms with van der Waals surface area (Å²) >= 11 is 0. The molecule has 0 amide bonds. The summed E-state index contributed by atoms with van der Waals surface area (Å²) in [6.45, 7) is 6.56. The maximum Gasteiger partial charge on any atom is 0.120 e. The van der Waals surface area contributed by atoms with Crippen molar-refractivity contribution in [1.82, 2.24) is 0 Å². The lowest BCUT2D eigenvalue weighted by atomic mass is 10.0. The van der Waals surface area contributed by atoms with Crippen molar-refractivity contribution in [3.05, 3.63) is 54.1 Å². The average Bonchev–Trinajstić information content (AvgIpc) is 2.40. The molecule has 100 valence electrons. The first kappa shape index (κ1) is 13.6. The van der Waals surface area contributed by atoms with E-state index in [2.05, 4.69) is 43.3 Å². The maximum absolute atomic E-state index is 5.84. The molecule has 0 unspecified atom stereocenters. The van der Waals surface area contributed by atoms with Crippen molar-refractivity contribution in [2.75, 3.05) is 6.54 Å². The quantitative estimate of drug-likeness (QED) is 0.902. The van der Waals surface area contributed by atoms with Crippen LogP contribution in [0.4, 0.5) is 0 Å². The van der Waals surface area contributed by atoms with Crippen LogP contribution in [-0.2, 0) is 0 Å². The van der Waals surface area contributed by atoms with Crippen LogP contribution >= 0.6 is 0 Å². The molecule has 2 rings (SSSR count). The third-order valence-electron chi connectivity index (χ3n) is 3.12. The average molecular weight is 255 g/mol. The van der Waals surface area contributed by atoms with E-state index in [0.29, 0.717) is 6.54 Å². The number of aryl methyl sites for hydroxylation is 1. The van der Waals surface area contributed by atoms with E-state index in [1.165, 1.54) is 16.7 Å². The monoisotopic (exact) mass is 255 g/mol. The minimum atomic E-state index is -0.328. The number of ether oxygens (including phenoxy) is 1. The van der Waals surface area contributed by atoms with Crippen LogP contribution in [0.3, 0.4) is 0 Å². The Hall–Kier alpha value is -1.80. The van der Waals surface area contributed by atoms with Crippen LogP contribution in [0.5, 0.6) is 5.75 Å². The molecule has 2 heteroatoms. The normalized spacial score (nSPS) is 11.4. The SMILES string of the molecule is Cc1ccc(-c2ccc(OC(C)(C)CN)cc2)cc1. The molecule has 0 aliphatic carbocycles. The lowest BCUT2D eigenvalue weighted by Gasteiger charge is -2.24. The van der Waals surface area contributed by atoms with Crippen LogP contribution in [0.15, 0.2) is 48.5 Å². The molecule has 0 spiro atoms. The molecule has 0 aliphatic rings. The molecule has 2 N–H and O–H groups in total. The fourth-order valence-electron chi connectivity index (χ4n) is 1.82. The Bertz CT molecular complexity index is 526. The minimum Gasteiger partial charge on any atom is -0.487 e. The van der Waals surface area contributed by atoms with Gasteiger partial charge in [-0.05, 0) is 44.0 Å². The Labute approximate surface area is 115 Å². The zero-order valence-corrected chi connectivity index (χ0v) is 11.8. The molecule has 0 aliphatic heterocycles. The van der Waals surface area contributed by atoms with E-state index in [-0.39, 0.29) is 5.60 Å². The fraction of sp³-hybridized carbons (Fsp3) is 0.294. The Morgan fingerprint density at radius 1 is 0.895 bits per heavy atom. The molecule has 0 atom stereocenters. The predicted molar refractivity (Wildman–Crippen MR) is 80.4 cm³/mol. The van der Waals surface area contributed by atoms with Crippen LogP contribution in [0.1, 0.15) is 19.4 Å². The Morgan fingerprint density at radius 3 is 1.84 bits per heavy atom. The van der Waals surface area contributed by atoms with Gasteiger partial charge in [-0.25, -0.2) is 0 Å². The van der Waals surface area contributed by atoms with Gasteiger partial charge in [-0.3, -0.25) is 0 Å². The zero-order valence-electron chi connectivity index (χ0n) is 11.8. The highest BCUT2D eigenvalue weighted by atomic mass is 16.5. The number of nitrogens with two attached hydrogens (primary N) is 1. The van der Waals surface area contributed by atoms with Crippen molar-refractivity contribution in [1.29, 1.82) is 0 Å². The second-order valence-electron chi connectivity index (χ2n) is 5.46. The van der Waals surface area contributed by atoms with Gasteiger partial charge < -0.3 is 10.5 Å². The van der Waals surface area contributed by atoms with Crippen LogP contribution in [-0.4, -0.2) is 12.1 Å². The van der Waals surface area contributed by atoms with Crippen molar-refractivity contribution in [3.63, 3.8) is 0 Å². The smallest absolute Gasteiger partial charge is 0.120 e. The molecule has 0 fully saturated rings. The molecule has 0 bridgehead atoms. The van der Waals surface area contributed by atoms with Gasteiger partial charge >= 0.3 is 0 Å². The van der Waals surface area contributed by atoms with Crippen molar-refractivity contribution < 1.29 is 4.74 Å². The maximum atomic E-state index is 5.84. The second kappa shape index (κ2) is 5.45. The van der Waals surface area contributed by atoms with Gasteiger partial charge in [0.05, 0.1) is 0 Å². The molecule has 0 saturated heterocycles. The molecule has 0 saturated carbocycles. The summed E-state index contributed by atoms with van der Waals surface area (Å²) < 4.78 is 5.84. The largest absolute Gasteiger partial charge is 0.487 e. The molecule has 0 aromatic heterocycles. The van der Waals surface area contributed by atoms with Crippen molar-refractivity contribution >= 4 is 0 Å². The summed E-state index contributed by atoms with van der Waals surface area (Å²) in [5.41, 5.74) is 9.02. The van der Waals surface area contributed by atoms with Gasteiger partial charge in [-0.15, -0.1) is 0 Å². The lowest BCUT2D eigenvalue weighted by Crippen LogP contribution is -2.37. The molecular weight excluding hydrogens is 234 g/mol. The van der Waals surface area contributed by atoms with E-state index in [1.807, 2.05) is 26.0 Å². The molecular formula is C17H21NO. The summed E-state index contributed by atoms with van der Waals surface area (Å²) in [5, 5.41) is 0. The Kier molecular flexibility index (Phi) is 3.91. The summed E-state index contributed by atoms with van der Waals surface area (Å²) in [7, 11) is 0. The van der Waals surface area contributed by atoms with E-state index in [1.54, 1.807) is 0 Å². The lowest BCUT2D eigenvalue weighted by molar-refractivity contribution is 0.119. The van der Waals surface area contributed by atoms with E-state index < -0.39 is 0 Å². The first-order chi connectivity index (χ1) is 9.00. The summed E-state index contributed by atoms with van der Waals surface area (Å²) in [6.07, 6.45) is 0. The third-order valence-corrected chi connectivity index (χ3v) is 3.12. The van der Waals surface area contributed by atoms with Gasteiger partial charge in [0, 0.05) is 6.54 Å². The van der Waals surface area contributed by atoms with Gasteiger partial charge in [0.1, 0.15) is 11.4 Å². The van der Waals surface area contributed by atoms with Crippen LogP contribution in [0, 0.1) is 6.92 Å². The van der Waals surface area contributed by atoms with Crippen LogP contribution in [0.25, 0.3) is 11.1 Å². The minimum absolute atomic E-state index is 0.328. The zero-order chi connectivity index (χ0) is 13.9. The van der Waals surface area contributed by atoms with Gasteiger partial charge in [0.2, 0.25) is 0 Å². The highest BCUT2D eigenvalue weighted by Crippen LogP contribution is 2.24. The molecule has 2 nitrogen and oxygen atoms in total. The summed E-state index contributed by atoms with van der Waals surface area (Å²) in [4.78, 5) is 0. The molecule has 0 radical (unpaired) electrons. The standard InChI is InChI=1S/C17H21NO/c1-13-4-6-14(7-5-13)15-8-10-16(11-9-15)19-17(2,3)12-18/h4-11H,12,18H2,1-3H3. The first-order valence-electron chi connectivity index (χ1n) is 6.56. The molecule has 2 aromatic rings. The van der Waals surface area contributed by atoms with Crippen molar-refractivity contribution in [2.45, 2.75) is 26.4 Å². The molecule has 19 heavy (non-hydrogen) atoms. The van der Waals surface area contributed by atoms with Crippen molar-refractivity contribution in [3.8, 4) is 16.9 Å². The Balaban J connectivity index is 2.16. The molecule has 0 heterocycles. The van der Waals surface area contributed by atoms with Gasteiger partial charge in [-0.1, -0.05) is 42.0 Å². The van der Waals surface area contributed by atoms with E-state index >= 15 is 0 Å². The van der Waals surface area contributed by atoms with Gasteiger partial charge in [0.25, 0.3) is 0 Å². The van der Waals surface area contributed by atoms with E-state index in [9.17, 15) is 0 Å². The van der Waals surface area contributed by atoms with Gasteiger partial charge in [0.15, 0.2) is 0 Å². The highest BCUT2D eigenvalue weighted by molar-refractivity contribution is 5.64. The number of hydrogen-bond acceptors (Lipinski definition) is 2. The predicted octanol–water partition coefficient (Wildman–Crippen LogP) is 3.78. The fourth-order valence-corrected chi connectivity index (χ4v) is 1.82. The summed E-state index contributed by atoms with van der Waals surface area (Å²) in [6, 6.07) is 16.6.